The minimum Gasteiger partial charge on any atom is -0.394 e. The summed E-state index contributed by atoms with van der Waals surface area (Å²) in [6.45, 7) is 1.72. The summed E-state index contributed by atoms with van der Waals surface area (Å²) in [4.78, 5) is 0. The van der Waals surface area contributed by atoms with E-state index in [0.29, 0.717) is 32.6 Å². The molecule has 3 N–H and O–H groups in total. The summed E-state index contributed by atoms with van der Waals surface area (Å²) in [7, 11) is 0. The normalized spacial score (nSPS) is 20.6. The third-order valence-electron chi connectivity index (χ3n) is 3.49. The van der Waals surface area contributed by atoms with Crippen LogP contribution in [0.2, 0.25) is 0 Å². The topological polar surface area (TPSA) is 61.7 Å². The van der Waals surface area contributed by atoms with E-state index in [2.05, 4.69) is 5.32 Å². The summed E-state index contributed by atoms with van der Waals surface area (Å²) in [5.74, 6) is 0. The molecule has 1 heterocycles. The fourth-order valence-corrected chi connectivity index (χ4v) is 2.21. The van der Waals surface area contributed by atoms with Crippen molar-refractivity contribution >= 4 is 0 Å². The van der Waals surface area contributed by atoms with Gasteiger partial charge in [-0.25, -0.2) is 0 Å². The van der Waals surface area contributed by atoms with E-state index in [1.165, 1.54) is 0 Å². The van der Waals surface area contributed by atoms with Gasteiger partial charge in [0.2, 0.25) is 0 Å². The van der Waals surface area contributed by atoms with Crippen molar-refractivity contribution in [2.24, 2.45) is 0 Å². The van der Waals surface area contributed by atoms with Crippen molar-refractivity contribution in [1.82, 2.24) is 5.32 Å². The molecule has 18 heavy (non-hydrogen) atoms. The van der Waals surface area contributed by atoms with Crippen molar-refractivity contribution in [3.63, 3.8) is 0 Å². The van der Waals surface area contributed by atoms with Gasteiger partial charge in [0.25, 0.3) is 0 Å². The Morgan fingerprint density at radius 1 is 1.22 bits per heavy atom. The fraction of sp³-hybridized carbons (Fsp3) is 0.571. The van der Waals surface area contributed by atoms with Crippen LogP contribution in [0.15, 0.2) is 30.3 Å². The van der Waals surface area contributed by atoms with Crippen molar-refractivity contribution in [2.75, 3.05) is 26.4 Å². The molecule has 100 valence electrons. The van der Waals surface area contributed by atoms with Crippen LogP contribution >= 0.6 is 0 Å². The maximum absolute atomic E-state index is 10.3. The molecule has 1 aromatic carbocycles. The largest absolute Gasteiger partial charge is 0.394 e. The highest BCUT2D eigenvalue weighted by molar-refractivity contribution is 5.19. The Labute approximate surface area is 108 Å². The Kier molecular flexibility index (Phi) is 4.72. The zero-order valence-electron chi connectivity index (χ0n) is 10.5. The van der Waals surface area contributed by atoms with Gasteiger partial charge in [-0.15, -0.1) is 0 Å². The van der Waals surface area contributed by atoms with Gasteiger partial charge in [-0.3, -0.25) is 0 Å². The molecular weight excluding hydrogens is 230 g/mol. The van der Waals surface area contributed by atoms with Gasteiger partial charge in [0, 0.05) is 32.6 Å². The van der Waals surface area contributed by atoms with Crippen LogP contribution in [-0.4, -0.2) is 42.2 Å². The molecule has 0 amide bonds. The molecule has 0 aromatic heterocycles. The second-order valence-electron chi connectivity index (χ2n) is 4.86. The van der Waals surface area contributed by atoms with Crippen LogP contribution < -0.4 is 5.32 Å². The number of hydrogen-bond donors (Lipinski definition) is 3. The predicted molar refractivity (Wildman–Crippen MR) is 69.3 cm³/mol. The van der Waals surface area contributed by atoms with Crippen LogP contribution in [0.3, 0.4) is 0 Å². The average Bonchev–Trinajstić information content (AvgIpc) is 2.41. The maximum atomic E-state index is 10.3. The highest BCUT2D eigenvalue weighted by atomic mass is 16.5. The second-order valence-corrected chi connectivity index (χ2v) is 4.86. The molecule has 4 nitrogen and oxygen atoms in total. The Bertz CT molecular complexity index is 349. The van der Waals surface area contributed by atoms with E-state index in [1.54, 1.807) is 0 Å². The zero-order valence-corrected chi connectivity index (χ0v) is 10.5. The highest BCUT2D eigenvalue weighted by Gasteiger charge is 2.30. The lowest BCUT2D eigenvalue weighted by atomic mass is 9.93. The van der Waals surface area contributed by atoms with Crippen LogP contribution in [-0.2, 0) is 4.74 Å². The third kappa shape index (κ3) is 3.53. The number of aliphatic hydroxyl groups is 2. The Morgan fingerprint density at radius 3 is 2.50 bits per heavy atom. The van der Waals surface area contributed by atoms with Crippen molar-refractivity contribution < 1.29 is 14.9 Å². The molecule has 0 saturated carbocycles. The molecule has 0 spiro atoms. The van der Waals surface area contributed by atoms with E-state index in [9.17, 15) is 10.2 Å². The molecule has 1 aromatic rings. The summed E-state index contributed by atoms with van der Waals surface area (Å²) >= 11 is 0. The molecule has 2 rings (SSSR count). The zero-order chi connectivity index (χ0) is 12.8. The van der Waals surface area contributed by atoms with Gasteiger partial charge in [-0.1, -0.05) is 30.3 Å². The first-order valence-corrected chi connectivity index (χ1v) is 6.43. The summed E-state index contributed by atoms with van der Waals surface area (Å²) < 4.78 is 5.25. The van der Waals surface area contributed by atoms with Crippen molar-refractivity contribution in [1.29, 1.82) is 0 Å². The molecule has 1 saturated heterocycles. The molecular formula is C14H21NO3. The third-order valence-corrected chi connectivity index (χ3v) is 3.49. The van der Waals surface area contributed by atoms with Gasteiger partial charge < -0.3 is 20.3 Å². The molecule has 0 unspecified atom stereocenters. The van der Waals surface area contributed by atoms with Gasteiger partial charge in [0.05, 0.1) is 18.2 Å². The molecule has 1 aliphatic heterocycles. The summed E-state index contributed by atoms with van der Waals surface area (Å²) in [6.07, 6.45) is 1.29. The minimum atomic E-state index is -0.708. The van der Waals surface area contributed by atoms with Gasteiger partial charge in [-0.2, -0.15) is 0 Å². The number of aliphatic hydroxyl groups excluding tert-OH is 1. The van der Waals surface area contributed by atoms with E-state index in [0.717, 1.165) is 5.56 Å². The number of hydrogen-bond acceptors (Lipinski definition) is 4. The SMILES string of the molecule is OC[C@H](NCC1(O)CCOCC1)c1ccccc1. The molecule has 0 radical (unpaired) electrons. The lowest BCUT2D eigenvalue weighted by molar-refractivity contribution is -0.0634. The molecule has 0 bridgehead atoms. The molecule has 4 heteroatoms. The van der Waals surface area contributed by atoms with E-state index in [-0.39, 0.29) is 12.6 Å². The Balaban J connectivity index is 1.91. The number of benzene rings is 1. The molecule has 1 fully saturated rings. The molecule has 1 aliphatic rings. The van der Waals surface area contributed by atoms with E-state index in [4.69, 9.17) is 4.74 Å². The second kappa shape index (κ2) is 6.29. The standard InChI is InChI=1S/C14H21NO3/c16-10-13(12-4-2-1-3-5-12)15-11-14(17)6-8-18-9-7-14/h1-5,13,15-17H,6-11H2/t13-/m0/s1. The minimum absolute atomic E-state index is 0.0244. The van der Waals surface area contributed by atoms with Crippen LogP contribution in [0.5, 0.6) is 0 Å². The quantitative estimate of drug-likeness (QED) is 0.726. The average molecular weight is 251 g/mol. The smallest absolute Gasteiger partial charge is 0.0815 e. The van der Waals surface area contributed by atoms with E-state index >= 15 is 0 Å². The summed E-state index contributed by atoms with van der Waals surface area (Å²) in [5, 5.41) is 23.0. The van der Waals surface area contributed by atoms with Gasteiger partial charge in [-0.05, 0) is 5.56 Å². The maximum Gasteiger partial charge on any atom is 0.0815 e. The highest BCUT2D eigenvalue weighted by Crippen LogP contribution is 2.21. The number of ether oxygens (including phenoxy) is 1. The summed E-state index contributed by atoms with van der Waals surface area (Å²) in [6, 6.07) is 9.66. The Hall–Kier alpha value is -0.940. The fourth-order valence-electron chi connectivity index (χ4n) is 2.21. The predicted octanol–water partition coefficient (Wildman–Crippen LogP) is 0.851. The molecule has 0 aliphatic carbocycles. The van der Waals surface area contributed by atoms with Crippen LogP contribution in [0.1, 0.15) is 24.4 Å². The summed E-state index contributed by atoms with van der Waals surface area (Å²) in [5.41, 5.74) is 0.330. The first-order chi connectivity index (χ1) is 8.73. The lowest BCUT2D eigenvalue weighted by Gasteiger charge is -2.33. The number of nitrogens with one attached hydrogen (secondary N) is 1. The van der Waals surface area contributed by atoms with Crippen molar-refractivity contribution in [2.45, 2.75) is 24.5 Å². The Morgan fingerprint density at radius 2 is 1.89 bits per heavy atom. The van der Waals surface area contributed by atoms with Crippen molar-refractivity contribution in [3.05, 3.63) is 35.9 Å². The van der Waals surface area contributed by atoms with Gasteiger partial charge in [0.15, 0.2) is 0 Å². The molecule has 1 atom stereocenters. The number of rotatable bonds is 5. The van der Waals surface area contributed by atoms with Crippen LogP contribution in [0.4, 0.5) is 0 Å². The van der Waals surface area contributed by atoms with Crippen LogP contribution in [0, 0.1) is 0 Å². The first-order valence-electron chi connectivity index (χ1n) is 6.43. The monoisotopic (exact) mass is 251 g/mol. The van der Waals surface area contributed by atoms with Gasteiger partial charge in [0.1, 0.15) is 0 Å². The van der Waals surface area contributed by atoms with E-state index < -0.39 is 5.60 Å². The van der Waals surface area contributed by atoms with Crippen molar-refractivity contribution in [3.8, 4) is 0 Å². The first kappa shape index (κ1) is 13.5. The van der Waals surface area contributed by atoms with Crippen LogP contribution in [0.25, 0.3) is 0 Å². The lowest BCUT2D eigenvalue weighted by Crippen LogP contribution is -2.46. The van der Waals surface area contributed by atoms with E-state index in [1.807, 2.05) is 30.3 Å². The van der Waals surface area contributed by atoms with Gasteiger partial charge >= 0.3 is 0 Å².